The highest BCUT2D eigenvalue weighted by atomic mass is 16.5. The van der Waals surface area contributed by atoms with E-state index in [9.17, 15) is 0 Å². The predicted molar refractivity (Wildman–Crippen MR) is 121 cm³/mol. The predicted octanol–water partition coefficient (Wildman–Crippen LogP) is 4.15. The second kappa shape index (κ2) is 8.59. The molecule has 1 aliphatic rings. The van der Waals surface area contributed by atoms with Crippen LogP contribution in [0.25, 0.3) is 27.7 Å². The summed E-state index contributed by atoms with van der Waals surface area (Å²) in [5, 5.41) is 15.2. The van der Waals surface area contributed by atoms with Crippen LogP contribution in [0.2, 0.25) is 0 Å². The van der Waals surface area contributed by atoms with Gasteiger partial charge in [-0.15, -0.1) is 10.2 Å². The Labute approximate surface area is 182 Å². The molecule has 7 heteroatoms. The summed E-state index contributed by atoms with van der Waals surface area (Å²) in [5.41, 5.74) is 2.65. The van der Waals surface area contributed by atoms with Crippen molar-refractivity contribution in [2.45, 2.75) is 33.1 Å². The first-order valence-corrected chi connectivity index (χ1v) is 11.1. The Morgan fingerprint density at radius 2 is 1.97 bits per heavy atom. The van der Waals surface area contributed by atoms with Gasteiger partial charge in [0.1, 0.15) is 5.75 Å². The Bertz CT molecular complexity index is 1190. The Hall–Kier alpha value is -3.06. The SMILES string of the molecule is Cc1nnc2c3cnccc3c(-c3ccc(OCCCN4CCC[C@H](C)C4)cc3)nn12. The Kier molecular flexibility index (Phi) is 5.51. The van der Waals surface area contributed by atoms with Crippen LogP contribution < -0.4 is 4.74 Å². The lowest BCUT2D eigenvalue weighted by Crippen LogP contribution is -2.35. The van der Waals surface area contributed by atoms with Gasteiger partial charge >= 0.3 is 0 Å². The fourth-order valence-electron chi connectivity index (χ4n) is 4.47. The average Bonchev–Trinajstić information content (AvgIpc) is 3.18. The number of aromatic nitrogens is 5. The lowest BCUT2D eigenvalue weighted by Gasteiger charge is -2.30. The van der Waals surface area contributed by atoms with E-state index in [0.29, 0.717) is 0 Å². The van der Waals surface area contributed by atoms with Gasteiger partial charge in [0, 0.05) is 41.8 Å². The summed E-state index contributed by atoms with van der Waals surface area (Å²) < 4.78 is 7.78. The third-order valence-electron chi connectivity index (χ3n) is 6.07. The third-order valence-corrected chi connectivity index (χ3v) is 6.07. The van der Waals surface area contributed by atoms with Crippen molar-refractivity contribution in [3.63, 3.8) is 0 Å². The molecule has 31 heavy (non-hydrogen) atoms. The van der Waals surface area contributed by atoms with E-state index in [1.165, 1.54) is 25.9 Å². The maximum absolute atomic E-state index is 6.00. The quantitative estimate of drug-likeness (QED) is 0.440. The van der Waals surface area contributed by atoms with Crippen molar-refractivity contribution >= 4 is 16.4 Å². The molecule has 1 fully saturated rings. The number of rotatable bonds is 6. The van der Waals surface area contributed by atoms with E-state index in [1.807, 2.05) is 31.3 Å². The molecule has 0 unspecified atom stereocenters. The van der Waals surface area contributed by atoms with Gasteiger partial charge in [0.25, 0.3) is 0 Å². The number of nitrogens with zero attached hydrogens (tertiary/aromatic N) is 6. The maximum Gasteiger partial charge on any atom is 0.187 e. The largest absolute Gasteiger partial charge is 0.494 e. The molecule has 0 N–H and O–H groups in total. The molecule has 0 spiro atoms. The van der Waals surface area contributed by atoms with Crippen molar-refractivity contribution in [2.75, 3.05) is 26.2 Å². The van der Waals surface area contributed by atoms with E-state index in [4.69, 9.17) is 9.84 Å². The van der Waals surface area contributed by atoms with E-state index >= 15 is 0 Å². The second-order valence-corrected chi connectivity index (χ2v) is 8.53. The minimum absolute atomic E-state index is 0.729. The first-order valence-electron chi connectivity index (χ1n) is 11.1. The zero-order valence-electron chi connectivity index (χ0n) is 18.2. The summed E-state index contributed by atoms with van der Waals surface area (Å²) in [4.78, 5) is 6.83. The molecule has 160 valence electrons. The molecular weight excluding hydrogens is 388 g/mol. The first-order chi connectivity index (χ1) is 15.2. The molecular formula is C24H28N6O. The molecule has 0 saturated carbocycles. The summed E-state index contributed by atoms with van der Waals surface area (Å²) in [6.07, 6.45) is 7.35. The molecule has 0 amide bonds. The summed E-state index contributed by atoms with van der Waals surface area (Å²) in [6, 6.07) is 10.2. The van der Waals surface area contributed by atoms with Gasteiger partial charge in [0.2, 0.25) is 0 Å². The monoisotopic (exact) mass is 416 g/mol. The molecule has 1 saturated heterocycles. The van der Waals surface area contributed by atoms with Gasteiger partial charge in [0.05, 0.1) is 12.3 Å². The second-order valence-electron chi connectivity index (χ2n) is 8.53. The number of ether oxygens (including phenoxy) is 1. The van der Waals surface area contributed by atoms with Crippen LogP contribution in [0.15, 0.2) is 42.7 Å². The summed E-state index contributed by atoms with van der Waals surface area (Å²) >= 11 is 0. The zero-order chi connectivity index (χ0) is 21.2. The first kappa shape index (κ1) is 19.9. The molecule has 0 radical (unpaired) electrons. The molecule has 7 nitrogen and oxygen atoms in total. The Morgan fingerprint density at radius 3 is 2.81 bits per heavy atom. The number of likely N-dealkylation sites (tertiary alicyclic amines) is 1. The van der Waals surface area contributed by atoms with Crippen molar-refractivity contribution in [2.24, 2.45) is 5.92 Å². The molecule has 1 aliphatic heterocycles. The zero-order valence-corrected chi connectivity index (χ0v) is 18.2. The topological polar surface area (TPSA) is 68.4 Å². The van der Waals surface area contributed by atoms with Gasteiger partial charge in [-0.1, -0.05) is 6.92 Å². The number of piperidine rings is 1. The fraction of sp³-hybridized carbons (Fsp3) is 0.417. The normalized spacial score (nSPS) is 17.4. The molecule has 4 aromatic rings. The van der Waals surface area contributed by atoms with Gasteiger partial charge in [-0.05, 0) is 69.0 Å². The van der Waals surface area contributed by atoms with Crippen LogP contribution in [0, 0.1) is 12.8 Å². The van der Waals surface area contributed by atoms with Crippen molar-refractivity contribution in [3.8, 4) is 17.0 Å². The van der Waals surface area contributed by atoms with Crippen molar-refractivity contribution in [1.82, 2.24) is 29.7 Å². The van der Waals surface area contributed by atoms with Crippen LogP contribution in [-0.4, -0.2) is 55.9 Å². The highest BCUT2D eigenvalue weighted by Gasteiger charge is 2.16. The van der Waals surface area contributed by atoms with Crippen LogP contribution in [0.4, 0.5) is 0 Å². The Balaban J connectivity index is 1.29. The number of aryl methyl sites for hydroxylation is 1. The average molecular weight is 417 g/mol. The number of benzene rings is 1. The van der Waals surface area contributed by atoms with E-state index in [2.05, 4.69) is 39.1 Å². The highest BCUT2D eigenvalue weighted by molar-refractivity contribution is 6.00. The number of hydrogen-bond donors (Lipinski definition) is 0. The molecule has 0 bridgehead atoms. The summed E-state index contributed by atoms with van der Waals surface area (Å²) in [6.45, 7) is 8.56. The van der Waals surface area contributed by atoms with Crippen molar-refractivity contribution in [3.05, 3.63) is 48.5 Å². The lowest BCUT2D eigenvalue weighted by atomic mass is 10.0. The van der Waals surface area contributed by atoms with Crippen LogP contribution in [0.3, 0.4) is 0 Å². The van der Waals surface area contributed by atoms with E-state index in [0.717, 1.165) is 64.7 Å². The number of hydrogen-bond acceptors (Lipinski definition) is 6. The van der Waals surface area contributed by atoms with Crippen LogP contribution in [-0.2, 0) is 0 Å². The number of fused-ring (bicyclic) bond motifs is 3. The summed E-state index contributed by atoms with van der Waals surface area (Å²) in [5.74, 6) is 2.47. The van der Waals surface area contributed by atoms with Crippen molar-refractivity contribution in [1.29, 1.82) is 0 Å². The maximum atomic E-state index is 6.00. The molecule has 0 aliphatic carbocycles. The third kappa shape index (κ3) is 4.10. The molecule has 3 aromatic heterocycles. The van der Waals surface area contributed by atoms with E-state index in [-0.39, 0.29) is 0 Å². The minimum Gasteiger partial charge on any atom is -0.494 e. The van der Waals surface area contributed by atoms with Gasteiger partial charge < -0.3 is 9.64 Å². The summed E-state index contributed by atoms with van der Waals surface area (Å²) in [7, 11) is 0. The Morgan fingerprint density at radius 1 is 1.10 bits per heavy atom. The van der Waals surface area contributed by atoms with E-state index in [1.54, 1.807) is 10.7 Å². The van der Waals surface area contributed by atoms with Crippen LogP contribution in [0.5, 0.6) is 5.75 Å². The fourth-order valence-corrected chi connectivity index (χ4v) is 4.47. The van der Waals surface area contributed by atoms with Crippen LogP contribution in [0.1, 0.15) is 32.0 Å². The van der Waals surface area contributed by atoms with Crippen LogP contribution >= 0.6 is 0 Å². The highest BCUT2D eigenvalue weighted by Crippen LogP contribution is 2.29. The van der Waals surface area contributed by atoms with Crippen molar-refractivity contribution < 1.29 is 4.74 Å². The van der Waals surface area contributed by atoms with Gasteiger partial charge in [0.15, 0.2) is 11.5 Å². The standard InChI is InChI=1S/C24H28N6O/c1-17-5-3-12-29(16-17)13-4-14-31-20-8-6-19(7-9-20)23-21-10-11-25-15-22(21)24-27-26-18(2)30(24)28-23/h6-11,15,17H,3-5,12-14,16H2,1-2H3/t17-/m0/s1. The lowest BCUT2D eigenvalue weighted by molar-refractivity contribution is 0.170. The van der Waals surface area contributed by atoms with Gasteiger partial charge in [-0.3, -0.25) is 4.98 Å². The number of pyridine rings is 1. The van der Waals surface area contributed by atoms with E-state index < -0.39 is 0 Å². The van der Waals surface area contributed by atoms with Gasteiger partial charge in [-0.25, -0.2) is 0 Å². The smallest absolute Gasteiger partial charge is 0.187 e. The molecule has 5 rings (SSSR count). The molecule has 1 aromatic carbocycles. The molecule has 1 atom stereocenters. The molecule has 4 heterocycles. The minimum atomic E-state index is 0.729. The van der Waals surface area contributed by atoms with Gasteiger partial charge in [-0.2, -0.15) is 9.61 Å².